The van der Waals surface area contributed by atoms with Gasteiger partial charge in [-0.2, -0.15) is 5.26 Å². The molecule has 1 heterocycles. The van der Waals surface area contributed by atoms with Crippen LogP contribution in [0.2, 0.25) is 10.0 Å². The number of carbonyl (C=O) groups excluding carboxylic acids is 1. The lowest BCUT2D eigenvalue weighted by Gasteiger charge is -2.27. The quantitative estimate of drug-likeness (QED) is 0.169. The van der Waals surface area contributed by atoms with Crippen LogP contribution in [0, 0.1) is 11.3 Å². The van der Waals surface area contributed by atoms with Crippen molar-refractivity contribution in [3.63, 3.8) is 0 Å². The molecule has 9 heteroatoms. The maximum atomic E-state index is 12.8. The first kappa shape index (κ1) is 27.9. The summed E-state index contributed by atoms with van der Waals surface area (Å²) < 4.78 is 22.7. The summed E-state index contributed by atoms with van der Waals surface area (Å²) >= 11 is 12.2. The van der Waals surface area contributed by atoms with Crippen LogP contribution in [0.4, 0.5) is 0 Å². The number of ether oxygens (including phenoxy) is 4. The fourth-order valence-corrected chi connectivity index (χ4v) is 4.91. The van der Waals surface area contributed by atoms with E-state index in [1.54, 1.807) is 54.6 Å². The molecule has 4 aromatic rings. The van der Waals surface area contributed by atoms with Gasteiger partial charge in [0.25, 0.3) is 0 Å². The van der Waals surface area contributed by atoms with Crippen LogP contribution in [0.1, 0.15) is 39.9 Å². The number of carbonyl (C=O) groups is 1. The molecule has 0 saturated carbocycles. The third kappa shape index (κ3) is 6.25. The molecule has 206 valence electrons. The van der Waals surface area contributed by atoms with Crippen molar-refractivity contribution in [2.24, 2.45) is 5.73 Å². The summed E-state index contributed by atoms with van der Waals surface area (Å²) in [6.07, 6.45) is 0. The predicted molar refractivity (Wildman–Crippen MR) is 156 cm³/mol. The maximum absolute atomic E-state index is 12.8. The van der Waals surface area contributed by atoms with Crippen molar-refractivity contribution in [3.8, 4) is 29.1 Å². The van der Waals surface area contributed by atoms with Crippen LogP contribution >= 0.6 is 23.2 Å². The van der Waals surface area contributed by atoms with E-state index in [0.717, 1.165) is 11.1 Å². The number of nitrogens with two attached hydrogens (primary N) is 1. The Kier molecular flexibility index (Phi) is 8.34. The first-order chi connectivity index (χ1) is 19.9. The van der Waals surface area contributed by atoms with Crippen LogP contribution in [-0.4, -0.2) is 12.6 Å². The van der Waals surface area contributed by atoms with Crippen molar-refractivity contribution in [1.29, 1.82) is 5.26 Å². The standard InChI is InChI=1S/C32H24Cl2N2O5/c1-2-38-24-5-3-4-20(14-24)32(37)40-25-12-13-26-29(16-25)41-31(36)27(17-35)30(26)19-7-10-23(11-8-19)39-18-21-6-9-22(33)15-28(21)34/h3-16,30H,2,18,36H2,1H3. The normalized spacial score (nSPS) is 14.0. The SMILES string of the molecule is CCOc1cccc(C(=O)Oc2ccc3c(c2)OC(N)=C(C#N)C3c2ccc(OCc3ccc(Cl)cc3Cl)cc2)c1. The smallest absolute Gasteiger partial charge is 0.343 e. The van der Waals surface area contributed by atoms with E-state index in [4.69, 9.17) is 47.9 Å². The number of benzene rings is 4. The second-order valence-electron chi connectivity index (χ2n) is 9.07. The van der Waals surface area contributed by atoms with Gasteiger partial charge in [-0.3, -0.25) is 0 Å². The summed E-state index contributed by atoms with van der Waals surface area (Å²) in [5.74, 6) is 0.802. The second kappa shape index (κ2) is 12.3. The number of hydrogen-bond acceptors (Lipinski definition) is 7. The van der Waals surface area contributed by atoms with Crippen molar-refractivity contribution in [3.05, 3.63) is 129 Å². The van der Waals surface area contributed by atoms with Crippen LogP contribution in [0.3, 0.4) is 0 Å². The Morgan fingerprint density at radius 1 is 0.951 bits per heavy atom. The van der Waals surface area contributed by atoms with Crippen molar-refractivity contribution >= 4 is 29.2 Å². The monoisotopic (exact) mass is 586 g/mol. The third-order valence-corrected chi connectivity index (χ3v) is 6.99. The molecule has 7 nitrogen and oxygen atoms in total. The number of allylic oxidation sites excluding steroid dienone is 1. The number of hydrogen-bond donors (Lipinski definition) is 1. The highest BCUT2D eigenvalue weighted by Crippen LogP contribution is 2.43. The minimum atomic E-state index is -0.546. The van der Waals surface area contributed by atoms with E-state index in [-0.39, 0.29) is 23.8 Å². The van der Waals surface area contributed by atoms with Gasteiger partial charge in [0.1, 0.15) is 41.2 Å². The molecule has 4 aromatic carbocycles. The number of nitriles is 1. The number of fused-ring (bicyclic) bond motifs is 1. The molecule has 5 rings (SSSR count). The number of halogens is 2. The average Bonchev–Trinajstić information content (AvgIpc) is 2.96. The topological polar surface area (TPSA) is 104 Å². The van der Waals surface area contributed by atoms with Gasteiger partial charge in [0.15, 0.2) is 0 Å². The summed E-state index contributed by atoms with van der Waals surface area (Å²) in [5.41, 5.74) is 9.09. The van der Waals surface area contributed by atoms with Gasteiger partial charge in [0, 0.05) is 27.2 Å². The summed E-state index contributed by atoms with van der Waals surface area (Å²) in [6.45, 7) is 2.61. The lowest BCUT2D eigenvalue weighted by molar-refractivity contribution is 0.0734. The molecule has 0 spiro atoms. The summed E-state index contributed by atoms with van der Waals surface area (Å²) in [5, 5.41) is 11.0. The van der Waals surface area contributed by atoms with Gasteiger partial charge in [-0.15, -0.1) is 0 Å². The fraction of sp³-hybridized carbons (Fsp3) is 0.125. The van der Waals surface area contributed by atoms with E-state index in [2.05, 4.69) is 6.07 Å². The van der Waals surface area contributed by atoms with Gasteiger partial charge in [0.2, 0.25) is 5.88 Å². The Morgan fingerprint density at radius 3 is 2.46 bits per heavy atom. The Morgan fingerprint density at radius 2 is 1.73 bits per heavy atom. The second-order valence-corrected chi connectivity index (χ2v) is 9.91. The Labute approximate surface area is 247 Å². The van der Waals surface area contributed by atoms with Crippen molar-refractivity contribution in [1.82, 2.24) is 0 Å². The Hall–Kier alpha value is -4.64. The van der Waals surface area contributed by atoms with Crippen molar-refractivity contribution < 1.29 is 23.7 Å². The molecule has 1 atom stereocenters. The molecule has 0 aromatic heterocycles. The zero-order valence-electron chi connectivity index (χ0n) is 21.9. The molecule has 0 radical (unpaired) electrons. The summed E-state index contributed by atoms with van der Waals surface area (Å²) in [6, 6.07) is 26.5. The van der Waals surface area contributed by atoms with Gasteiger partial charge < -0.3 is 24.7 Å². The van der Waals surface area contributed by atoms with E-state index in [0.29, 0.717) is 45.0 Å². The number of rotatable bonds is 8. The van der Waals surface area contributed by atoms with Gasteiger partial charge in [0.05, 0.1) is 18.1 Å². The highest BCUT2D eigenvalue weighted by molar-refractivity contribution is 6.35. The molecule has 1 unspecified atom stereocenters. The van der Waals surface area contributed by atoms with Crippen LogP contribution in [0.25, 0.3) is 0 Å². The van der Waals surface area contributed by atoms with Crippen molar-refractivity contribution in [2.75, 3.05) is 6.61 Å². The largest absolute Gasteiger partial charge is 0.494 e. The lowest BCUT2D eigenvalue weighted by atomic mass is 9.83. The number of nitrogens with zero attached hydrogens (tertiary/aromatic N) is 1. The molecule has 2 N–H and O–H groups in total. The van der Waals surface area contributed by atoms with Gasteiger partial charge >= 0.3 is 5.97 Å². The Balaban J connectivity index is 1.36. The minimum absolute atomic E-state index is 0.0180. The molecule has 0 amide bonds. The molecule has 0 fully saturated rings. The zero-order chi connectivity index (χ0) is 28.9. The van der Waals surface area contributed by atoms with E-state index >= 15 is 0 Å². The van der Waals surface area contributed by atoms with Crippen LogP contribution < -0.4 is 24.7 Å². The molecule has 41 heavy (non-hydrogen) atoms. The molecular formula is C32H24Cl2N2O5. The molecule has 0 aliphatic carbocycles. The first-order valence-electron chi connectivity index (χ1n) is 12.7. The predicted octanol–water partition coefficient (Wildman–Crippen LogP) is 7.41. The van der Waals surface area contributed by atoms with E-state index in [1.165, 1.54) is 0 Å². The van der Waals surface area contributed by atoms with Crippen LogP contribution in [0.15, 0.2) is 96.4 Å². The van der Waals surface area contributed by atoms with Crippen LogP contribution in [0.5, 0.6) is 23.0 Å². The molecule has 1 aliphatic heterocycles. The first-order valence-corrected chi connectivity index (χ1v) is 13.4. The zero-order valence-corrected chi connectivity index (χ0v) is 23.4. The lowest BCUT2D eigenvalue weighted by Crippen LogP contribution is -2.21. The van der Waals surface area contributed by atoms with Gasteiger partial charge in [-0.1, -0.05) is 53.5 Å². The molecule has 0 bridgehead atoms. The third-order valence-electron chi connectivity index (χ3n) is 6.40. The summed E-state index contributed by atoms with van der Waals surface area (Å²) in [4.78, 5) is 12.8. The van der Waals surface area contributed by atoms with E-state index < -0.39 is 11.9 Å². The highest BCUT2D eigenvalue weighted by atomic mass is 35.5. The Bertz CT molecular complexity index is 1680. The fourth-order valence-electron chi connectivity index (χ4n) is 4.44. The van der Waals surface area contributed by atoms with Gasteiger partial charge in [-0.05, 0) is 61.0 Å². The maximum Gasteiger partial charge on any atom is 0.343 e. The van der Waals surface area contributed by atoms with E-state index in [9.17, 15) is 10.1 Å². The van der Waals surface area contributed by atoms with E-state index in [1.807, 2.05) is 37.3 Å². The molecule has 0 saturated heterocycles. The highest BCUT2D eigenvalue weighted by Gasteiger charge is 2.31. The average molecular weight is 587 g/mol. The van der Waals surface area contributed by atoms with Gasteiger partial charge in [-0.25, -0.2) is 4.79 Å². The molecule has 1 aliphatic rings. The number of esters is 1. The molecular weight excluding hydrogens is 563 g/mol. The van der Waals surface area contributed by atoms with Crippen molar-refractivity contribution in [2.45, 2.75) is 19.4 Å². The summed E-state index contributed by atoms with van der Waals surface area (Å²) in [7, 11) is 0. The minimum Gasteiger partial charge on any atom is -0.494 e. The van der Waals surface area contributed by atoms with Crippen LogP contribution in [-0.2, 0) is 6.61 Å².